The van der Waals surface area contributed by atoms with E-state index in [2.05, 4.69) is 15.8 Å². The second kappa shape index (κ2) is 6.37. The molecule has 8 heteroatoms. The molecule has 0 fully saturated rings. The Hall–Kier alpha value is -2.59. The minimum atomic E-state index is -0.449. The fraction of sp³-hybridized carbons (Fsp3) is 0.0909. The van der Waals surface area contributed by atoms with E-state index in [9.17, 15) is 4.79 Å². The molecule has 0 bridgehead atoms. The maximum Gasteiger partial charge on any atom is 0.252 e. The number of carbonyl (C=O) groups excluding carboxylic acids is 1. The molecular formula is C11H11ClN6O. The van der Waals surface area contributed by atoms with Crippen LogP contribution in [-0.4, -0.2) is 24.5 Å². The minimum absolute atomic E-state index is 0.253. The second-order valence-corrected chi connectivity index (χ2v) is 3.78. The van der Waals surface area contributed by atoms with Gasteiger partial charge in [0.25, 0.3) is 5.91 Å². The van der Waals surface area contributed by atoms with Crippen molar-refractivity contribution in [2.75, 3.05) is 12.5 Å². The maximum absolute atomic E-state index is 11.5. The Bertz CT molecular complexity index is 589. The summed E-state index contributed by atoms with van der Waals surface area (Å²) in [5, 5.41) is 22.2. The van der Waals surface area contributed by atoms with Gasteiger partial charge in [-0.25, -0.2) is 0 Å². The van der Waals surface area contributed by atoms with Gasteiger partial charge in [-0.05, 0) is 18.2 Å². The number of nitrogens with zero attached hydrogens (tertiary/aromatic N) is 2. The summed E-state index contributed by atoms with van der Waals surface area (Å²) in [4.78, 5) is 11.5. The Morgan fingerprint density at radius 3 is 2.79 bits per heavy atom. The van der Waals surface area contributed by atoms with Gasteiger partial charge in [0.05, 0.1) is 16.3 Å². The zero-order chi connectivity index (χ0) is 14.4. The molecule has 0 heterocycles. The van der Waals surface area contributed by atoms with Crippen molar-refractivity contribution in [3.05, 3.63) is 28.8 Å². The van der Waals surface area contributed by atoms with Crippen LogP contribution < -0.4 is 16.5 Å². The molecule has 1 aromatic rings. The summed E-state index contributed by atoms with van der Waals surface area (Å²) in [5.74, 6) is -0.791. The SMILES string of the molecule is CNC(=O)c1cc(N/N=C(\C#N)C(=N)N)ccc1Cl. The Morgan fingerprint density at radius 2 is 2.26 bits per heavy atom. The van der Waals surface area contributed by atoms with Gasteiger partial charge in [0.15, 0.2) is 5.84 Å². The summed E-state index contributed by atoms with van der Waals surface area (Å²) < 4.78 is 0. The van der Waals surface area contributed by atoms with Crippen molar-refractivity contribution in [1.29, 1.82) is 10.7 Å². The third-order valence-electron chi connectivity index (χ3n) is 2.10. The van der Waals surface area contributed by atoms with Crippen LogP contribution in [0, 0.1) is 16.7 Å². The smallest absolute Gasteiger partial charge is 0.252 e. The molecule has 0 unspecified atom stereocenters. The molecule has 7 nitrogen and oxygen atoms in total. The number of carbonyl (C=O) groups is 1. The van der Waals surface area contributed by atoms with E-state index >= 15 is 0 Å². The van der Waals surface area contributed by atoms with E-state index in [0.29, 0.717) is 10.7 Å². The third-order valence-corrected chi connectivity index (χ3v) is 2.43. The first-order valence-corrected chi connectivity index (χ1v) is 5.47. The Morgan fingerprint density at radius 1 is 1.58 bits per heavy atom. The fourth-order valence-electron chi connectivity index (χ4n) is 1.17. The molecule has 0 spiro atoms. The number of rotatable bonds is 4. The number of nitrogens with one attached hydrogen (secondary N) is 3. The van der Waals surface area contributed by atoms with Crippen molar-refractivity contribution in [2.45, 2.75) is 0 Å². The molecule has 98 valence electrons. The number of benzene rings is 1. The fourth-order valence-corrected chi connectivity index (χ4v) is 1.37. The summed E-state index contributed by atoms with van der Waals surface area (Å²) in [6.07, 6.45) is 0. The van der Waals surface area contributed by atoms with Gasteiger partial charge in [-0.2, -0.15) is 10.4 Å². The molecule has 0 aliphatic rings. The molecule has 0 saturated heterocycles. The second-order valence-electron chi connectivity index (χ2n) is 3.37. The lowest BCUT2D eigenvalue weighted by atomic mass is 10.2. The van der Waals surface area contributed by atoms with E-state index < -0.39 is 5.84 Å². The van der Waals surface area contributed by atoms with Crippen LogP contribution in [0.2, 0.25) is 5.02 Å². The predicted octanol–water partition coefficient (Wildman–Crippen LogP) is 0.927. The number of nitriles is 1. The van der Waals surface area contributed by atoms with Crippen LogP contribution in [0.15, 0.2) is 23.3 Å². The number of hydrazone groups is 1. The van der Waals surface area contributed by atoms with Gasteiger partial charge in [-0.15, -0.1) is 0 Å². The van der Waals surface area contributed by atoms with Crippen LogP contribution in [0.4, 0.5) is 5.69 Å². The van der Waals surface area contributed by atoms with E-state index in [1.54, 1.807) is 12.1 Å². The minimum Gasteiger partial charge on any atom is -0.382 e. The van der Waals surface area contributed by atoms with Crippen molar-refractivity contribution in [2.24, 2.45) is 10.8 Å². The first-order valence-electron chi connectivity index (χ1n) is 5.09. The summed E-state index contributed by atoms with van der Waals surface area (Å²) in [5.41, 5.74) is 8.13. The van der Waals surface area contributed by atoms with Crippen LogP contribution in [0.1, 0.15) is 10.4 Å². The number of hydrogen-bond acceptors (Lipinski definition) is 5. The topological polar surface area (TPSA) is 127 Å². The molecule has 0 aliphatic heterocycles. The number of hydrogen-bond donors (Lipinski definition) is 4. The molecular weight excluding hydrogens is 268 g/mol. The quantitative estimate of drug-likeness (QED) is 0.371. The average Bonchev–Trinajstić information content (AvgIpc) is 2.40. The molecule has 0 aromatic heterocycles. The van der Waals surface area contributed by atoms with Crippen LogP contribution in [-0.2, 0) is 0 Å². The first-order chi connectivity index (χ1) is 8.99. The van der Waals surface area contributed by atoms with Crippen molar-refractivity contribution in [1.82, 2.24) is 5.32 Å². The van der Waals surface area contributed by atoms with Gasteiger partial charge in [-0.3, -0.25) is 15.6 Å². The van der Waals surface area contributed by atoms with Crippen molar-refractivity contribution < 1.29 is 4.79 Å². The number of halogens is 1. The van der Waals surface area contributed by atoms with Gasteiger partial charge in [0.2, 0.25) is 5.71 Å². The van der Waals surface area contributed by atoms with Crippen LogP contribution in [0.5, 0.6) is 0 Å². The van der Waals surface area contributed by atoms with E-state index in [0.717, 1.165) is 0 Å². The standard InChI is InChI=1S/C11H11ClN6O/c1-16-11(19)7-4-6(2-3-8(7)12)17-18-9(5-13)10(14)15/h2-4,17H,1H3,(H3,14,15)(H,16,19)/b18-9+. The summed E-state index contributed by atoms with van der Waals surface area (Å²) >= 11 is 5.88. The van der Waals surface area contributed by atoms with Gasteiger partial charge >= 0.3 is 0 Å². The summed E-state index contributed by atoms with van der Waals surface area (Å²) in [7, 11) is 1.49. The van der Waals surface area contributed by atoms with Crippen molar-refractivity contribution in [3.8, 4) is 6.07 Å². The zero-order valence-corrected chi connectivity index (χ0v) is 10.7. The number of anilines is 1. The highest BCUT2D eigenvalue weighted by molar-refractivity contribution is 6.45. The lowest BCUT2D eigenvalue weighted by Gasteiger charge is -2.06. The van der Waals surface area contributed by atoms with Gasteiger partial charge in [0.1, 0.15) is 6.07 Å². The molecule has 0 radical (unpaired) electrons. The highest BCUT2D eigenvalue weighted by atomic mass is 35.5. The molecule has 0 saturated carbocycles. The van der Waals surface area contributed by atoms with Crippen LogP contribution in [0.3, 0.4) is 0 Å². The van der Waals surface area contributed by atoms with Gasteiger partial charge in [-0.1, -0.05) is 11.6 Å². The van der Waals surface area contributed by atoms with Crippen LogP contribution >= 0.6 is 11.6 Å². The number of nitrogens with two attached hydrogens (primary N) is 1. The molecule has 1 amide bonds. The molecule has 1 aromatic carbocycles. The molecule has 5 N–H and O–H groups in total. The van der Waals surface area contributed by atoms with Crippen molar-refractivity contribution in [3.63, 3.8) is 0 Å². The monoisotopic (exact) mass is 278 g/mol. The molecule has 1 rings (SSSR count). The normalized spacial score (nSPS) is 10.5. The highest BCUT2D eigenvalue weighted by Gasteiger charge is 2.09. The average molecular weight is 279 g/mol. The maximum atomic E-state index is 11.5. The summed E-state index contributed by atoms with van der Waals surface area (Å²) in [6, 6.07) is 6.23. The molecule has 19 heavy (non-hydrogen) atoms. The Labute approximate surface area is 114 Å². The molecule has 0 aliphatic carbocycles. The molecule has 0 atom stereocenters. The van der Waals surface area contributed by atoms with Crippen molar-refractivity contribution >= 4 is 34.7 Å². The first kappa shape index (κ1) is 14.5. The van der Waals surface area contributed by atoms with E-state index in [-0.39, 0.29) is 17.2 Å². The lowest BCUT2D eigenvalue weighted by Crippen LogP contribution is -2.22. The summed E-state index contributed by atoms with van der Waals surface area (Å²) in [6.45, 7) is 0. The third kappa shape index (κ3) is 3.69. The lowest BCUT2D eigenvalue weighted by molar-refractivity contribution is 0.0963. The highest BCUT2D eigenvalue weighted by Crippen LogP contribution is 2.20. The van der Waals surface area contributed by atoms with Crippen LogP contribution in [0.25, 0.3) is 0 Å². The van der Waals surface area contributed by atoms with Gasteiger partial charge < -0.3 is 11.1 Å². The van der Waals surface area contributed by atoms with E-state index in [4.69, 9.17) is 28.0 Å². The Kier molecular flexibility index (Phi) is 4.85. The predicted molar refractivity (Wildman–Crippen MR) is 73.4 cm³/mol. The zero-order valence-electron chi connectivity index (χ0n) is 9.99. The number of amides is 1. The largest absolute Gasteiger partial charge is 0.382 e. The van der Waals surface area contributed by atoms with E-state index in [1.807, 2.05) is 0 Å². The number of amidine groups is 1. The van der Waals surface area contributed by atoms with Gasteiger partial charge in [0, 0.05) is 7.05 Å². The Balaban J connectivity index is 3.02. The van der Waals surface area contributed by atoms with E-state index in [1.165, 1.54) is 19.2 Å².